The van der Waals surface area contributed by atoms with Gasteiger partial charge >= 0.3 is 0 Å². The van der Waals surface area contributed by atoms with Gasteiger partial charge in [-0.05, 0) is 50.4 Å². The van der Waals surface area contributed by atoms with Gasteiger partial charge in [-0.2, -0.15) is 0 Å². The van der Waals surface area contributed by atoms with Crippen LogP contribution in [0.15, 0.2) is 72.8 Å². The van der Waals surface area contributed by atoms with Gasteiger partial charge in [0.2, 0.25) is 0 Å². The summed E-state index contributed by atoms with van der Waals surface area (Å²) < 4.78 is 13.4. The smallest absolute Gasteiger partial charge is 0.138 e. The second-order valence-corrected chi connectivity index (χ2v) is 7.04. The largest absolute Gasteiger partial charge is 0.299 e. The van der Waals surface area contributed by atoms with Crippen LogP contribution in [0.2, 0.25) is 0 Å². The Kier molecular flexibility index (Phi) is 3.39. The molecule has 0 fully saturated rings. The van der Waals surface area contributed by atoms with Crippen LogP contribution in [0, 0.1) is 5.82 Å². The zero-order valence-electron chi connectivity index (χ0n) is 14.2. The van der Waals surface area contributed by atoms with Crippen LogP contribution >= 0.6 is 0 Å². The van der Waals surface area contributed by atoms with E-state index < -0.39 is 0 Å². The third kappa shape index (κ3) is 2.33. The van der Waals surface area contributed by atoms with E-state index in [1.54, 1.807) is 0 Å². The highest BCUT2D eigenvalue weighted by Gasteiger charge is 2.28. The lowest BCUT2D eigenvalue weighted by molar-refractivity contribution is -0.119. The molecule has 26 heavy (non-hydrogen) atoms. The van der Waals surface area contributed by atoms with Crippen molar-refractivity contribution in [3.05, 3.63) is 95.3 Å². The maximum Gasteiger partial charge on any atom is 0.138 e. The summed E-state index contributed by atoms with van der Waals surface area (Å²) in [5.41, 5.74) is 3.32. The summed E-state index contributed by atoms with van der Waals surface area (Å²) in [6.07, 6.45) is 0.959. The van der Waals surface area contributed by atoms with E-state index in [4.69, 9.17) is 0 Å². The number of carbonyl (C=O) groups is 1. The molecule has 0 unspecified atom stereocenters. The van der Waals surface area contributed by atoms with Gasteiger partial charge in [-0.1, -0.05) is 60.7 Å². The molecule has 126 valence electrons. The van der Waals surface area contributed by atoms with Gasteiger partial charge in [-0.3, -0.25) is 4.79 Å². The summed E-state index contributed by atoms with van der Waals surface area (Å²) in [4.78, 5) is 12.4. The molecule has 0 amide bonds. The molecule has 0 radical (unpaired) electrons. The topological polar surface area (TPSA) is 17.1 Å². The van der Waals surface area contributed by atoms with Crippen LogP contribution in [0.3, 0.4) is 0 Å². The van der Waals surface area contributed by atoms with Crippen molar-refractivity contribution in [1.29, 1.82) is 0 Å². The summed E-state index contributed by atoms with van der Waals surface area (Å²) in [7, 11) is 0. The van der Waals surface area contributed by atoms with Gasteiger partial charge in [0, 0.05) is 18.8 Å². The number of hydrogen-bond acceptors (Lipinski definition) is 1. The van der Waals surface area contributed by atoms with Crippen molar-refractivity contribution in [3.8, 4) is 0 Å². The molecule has 0 saturated carbocycles. The highest BCUT2D eigenvalue weighted by atomic mass is 19.1. The highest BCUT2D eigenvalue weighted by Crippen LogP contribution is 2.41. The Morgan fingerprint density at radius 2 is 1.54 bits per heavy atom. The molecule has 4 aromatic carbocycles. The standard InChI is InChI=1S/C24H17FO/c25-18-9-5-16(6-10-18)23-14-19(26)13-17-8-11-21-20-4-2-1-3-15(20)7-12-22(21)24(17)23/h1-12,23H,13-14H2/t23-/m0/s1. The predicted molar refractivity (Wildman–Crippen MR) is 103 cm³/mol. The van der Waals surface area contributed by atoms with E-state index >= 15 is 0 Å². The lowest BCUT2D eigenvalue weighted by Gasteiger charge is -2.27. The van der Waals surface area contributed by atoms with Crippen LogP contribution in [0.25, 0.3) is 21.5 Å². The maximum atomic E-state index is 13.4. The van der Waals surface area contributed by atoms with Gasteiger partial charge in [0.05, 0.1) is 0 Å². The number of carbonyl (C=O) groups excluding carboxylic acids is 1. The molecule has 1 nitrogen and oxygen atoms in total. The van der Waals surface area contributed by atoms with Crippen molar-refractivity contribution in [1.82, 2.24) is 0 Å². The normalized spacial score (nSPS) is 16.8. The first kappa shape index (κ1) is 15.3. The molecule has 1 aliphatic carbocycles. The zero-order chi connectivity index (χ0) is 17.7. The molecule has 2 heteroatoms. The first-order valence-electron chi connectivity index (χ1n) is 8.91. The molecule has 0 spiro atoms. The molecule has 4 aromatic rings. The van der Waals surface area contributed by atoms with Crippen LogP contribution in [0.5, 0.6) is 0 Å². The quantitative estimate of drug-likeness (QED) is 0.401. The molecule has 5 rings (SSSR count). The minimum atomic E-state index is -0.250. The summed E-state index contributed by atoms with van der Waals surface area (Å²) in [5, 5.41) is 4.85. The van der Waals surface area contributed by atoms with E-state index in [0.717, 1.165) is 11.1 Å². The molecule has 0 bridgehead atoms. The van der Waals surface area contributed by atoms with Crippen molar-refractivity contribution in [3.63, 3.8) is 0 Å². The highest BCUT2D eigenvalue weighted by molar-refractivity contribution is 6.09. The van der Waals surface area contributed by atoms with Gasteiger partial charge in [0.25, 0.3) is 0 Å². The lowest BCUT2D eigenvalue weighted by atomic mass is 9.76. The van der Waals surface area contributed by atoms with E-state index in [9.17, 15) is 9.18 Å². The summed E-state index contributed by atoms with van der Waals surface area (Å²) in [6, 6.07) is 23.5. The van der Waals surface area contributed by atoms with Gasteiger partial charge in [0.1, 0.15) is 11.6 Å². The molecule has 0 aliphatic heterocycles. The molecule has 0 heterocycles. The Hall–Kier alpha value is -3.00. The zero-order valence-corrected chi connectivity index (χ0v) is 14.2. The second kappa shape index (κ2) is 5.77. The van der Waals surface area contributed by atoms with Crippen LogP contribution in [0.1, 0.15) is 29.0 Å². The number of rotatable bonds is 1. The minimum absolute atomic E-state index is 0.0169. The van der Waals surface area contributed by atoms with Crippen molar-refractivity contribution >= 4 is 27.3 Å². The van der Waals surface area contributed by atoms with Gasteiger partial charge < -0.3 is 0 Å². The van der Waals surface area contributed by atoms with Gasteiger partial charge in [0.15, 0.2) is 0 Å². The Labute approximate surface area is 151 Å². The second-order valence-electron chi connectivity index (χ2n) is 7.04. The van der Waals surface area contributed by atoms with Crippen LogP contribution in [0.4, 0.5) is 4.39 Å². The van der Waals surface area contributed by atoms with Crippen molar-refractivity contribution in [2.45, 2.75) is 18.8 Å². The van der Waals surface area contributed by atoms with Gasteiger partial charge in [-0.15, -0.1) is 0 Å². The molecular formula is C24H17FO. The third-order valence-corrected chi connectivity index (χ3v) is 5.50. The summed E-state index contributed by atoms with van der Waals surface area (Å²) in [5.74, 6) is -0.0244. The number of ketones is 1. The number of hydrogen-bond donors (Lipinski definition) is 0. The minimum Gasteiger partial charge on any atom is -0.299 e. The first-order chi connectivity index (χ1) is 12.7. The average molecular weight is 340 g/mol. The fraction of sp³-hybridized carbons (Fsp3) is 0.125. The Morgan fingerprint density at radius 1 is 0.769 bits per heavy atom. The SMILES string of the molecule is O=C1Cc2ccc3c(ccc4ccccc43)c2[C@H](c2ccc(F)cc2)C1. The van der Waals surface area contributed by atoms with Crippen LogP contribution in [-0.4, -0.2) is 5.78 Å². The Balaban J connectivity index is 1.82. The fourth-order valence-corrected chi connectivity index (χ4v) is 4.32. The number of Topliss-reactive ketones (excluding diaryl/α,β-unsaturated/α-hetero) is 1. The molecule has 0 N–H and O–H groups in total. The van der Waals surface area contributed by atoms with Crippen molar-refractivity contribution in [2.75, 3.05) is 0 Å². The monoisotopic (exact) mass is 340 g/mol. The summed E-state index contributed by atoms with van der Waals surface area (Å²) >= 11 is 0. The molecule has 1 atom stereocenters. The molecule has 0 aromatic heterocycles. The number of fused-ring (bicyclic) bond motifs is 5. The van der Waals surface area contributed by atoms with E-state index in [1.807, 2.05) is 18.2 Å². The average Bonchev–Trinajstić information content (AvgIpc) is 2.67. The maximum absolute atomic E-state index is 13.4. The molecule has 0 saturated heterocycles. The van der Waals surface area contributed by atoms with Crippen molar-refractivity contribution < 1.29 is 9.18 Å². The molecule has 1 aliphatic rings. The molecular weight excluding hydrogens is 323 g/mol. The van der Waals surface area contributed by atoms with E-state index in [-0.39, 0.29) is 17.5 Å². The van der Waals surface area contributed by atoms with E-state index in [2.05, 4.69) is 42.5 Å². The predicted octanol–water partition coefficient (Wildman–Crippen LogP) is 5.78. The Bertz CT molecular complexity index is 1160. The number of halogens is 1. The van der Waals surface area contributed by atoms with Gasteiger partial charge in [-0.25, -0.2) is 4.39 Å². The van der Waals surface area contributed by atoms with E-state index in [0.29, 0.717) is 12.8 Å². The third-order valence-electron chi connectivity index (χ3n) is 5.50. The number of benzene rings is 4. The fourth-order valence-electron chi connectivity index (χ4n) is 4.32. The first-order valence-corrected chi connectivity index (χ1v) is 8.91. The lowest BCUT2D eigenvalue weighted by Crippen LogP contribution is -2.19. The van der Waals surface area contributed by atoms with Crippen LogP contribution in [-0.2, 0) is 11.2 Å². The Morgan fingerprint density at radius 3 is 2.38 bits per heavy atom. The van der Waals surface area contributed by atoms with Crippen LogP contribution < -0.4 is 0 Å². The summed E-state index contributed by atoms with van der Waals surface area (Å²) in [6.45, 7) is 0. The van der Waals surface area contributed by atoms with E-state index in [1.165, 1.54) is 39.2 Å². The van der Waals surface area contributed by atoms with Crippen molar-refractivity contribution in [2.24, 2.45) is 0 Å².